The van der Waals surface area contributed by atoms with Gasteiger partial charge >= 0.3 is 11.9 Å². The molecule has 2 N–H and O–H groups in total. The van der Waals surface area contributed by atoms with Gasteiger partial charge in [-0.25, -0.2) is 4.79 Å². The van der Waals surface area contributed by atoms with Crippen molar-refractivity contribution < 1.29 is 24.2 Å². The molecule has 9 nitrogen and oxygen atoms in total. The smallest absolute Gasteiger partial charge is 0.338 e. The van der Waals surface area contributed by atoms with Crippen LogP contribution in [0.5, 0.6) is 0 Å². The van der Waals surface area contributed by atoms with Crippen LogP contribution in [-0.2, 0) is 16.1 Å². The fourth-order valence-electron chi connectivity index (χ4n) is 2.60. The van der Waals surface area contributed by atoms with Crippen LogP contribution in [0.3, 0.4) is 0 Å². The maximum absolute atomic E-state index is 12.3. The summed E-state index contributed by atoms with van der Waals surface area (Å²) in [5.41, 5.74) is 1.24. The molecule has 0 aliphatic heterocycles. The fraction of sp³-hybridized carbons (Fsp3) is 0.400. The van der Waals surface area contributed by atoms with Gasteiger partial charge < -0.3 is 20.1 Å². The van der Waals surface area contributed by atoms with E-state index in [4.69, 9.17) is 9.84 Å². The first kappa shape index (κ1) is 22.1. The molecule has 1 heterocycles. The van der Waals surface area contributed by atoms with Crippen LogP contribution in [0.25, 0.3) is 0 Å². The van der Waals surface area contributed by atoms with Crippen LogP contribution in [0.2, 0.25) is 0 Å². The Morgan fingerprint density at radius 1 is 1.14 bits per heavy atom. The van der Waals surface area contributed by atoms with E-state index in [1.54, 1.807) is 24.3 Å². The van der Waals surface area contributed by atoms with Gasteiger partial charge in [-0.1, -0.05) is 13.8 Å². The van der Waals surface area contributed by atoms with Crippen LogP contribution in [0.15, 0.2) is 36.7 Å². The Bertz CT molecular complexity index is 828. The molecule has 0 bridgehead atoms. The minimum absolute atomic E-state index is 0.0742. The lowest BCUT2D eigenvalue weighted by Crippen LogP contribution is -2.27. The van der Waals surface area contributed by atoms with Gasteiger partial charge in [-0.3, -0.25) is 14.3 Å². The van der Waals surface area contributed by atoms with Crippen molar-refractivity contribution in [3.63, 3.8) is 0 Å². The summed E-state index contributed by atoms with van der Waals surface area (Å²) in [6, 6.07) is 6.42. The highest BCUT2D eigenvalue weighted by Crippen LogP contribution is 2.12. The van der Waals surface area contributed by atoms with Gasteiger partial charge in [0.1, 0.15) is 6.61 Å². The molecular weight excluding hydrogens is 376 g/mol. The molecule has 0 atom stereocenters. The molecule has 0 aliphatic rings. The van der Waals surface area contributed by atoms with Crippen molar-refractivity contribution in [2.24, 2.45) is 0 Å². The second kappa shape index (κ2) is 11.0. The predicted molar refractivity (Wildman–Crippen MR) is 107 cm³/mol. The number of carbonyl (C=O) groups excluding carboxylic acids is 2. The number of nitrogens with one attached hydrogen (secondary N) is 1. The molecule has 1 aromatic carbocycles. The van der Waals surface area contributed by atoms with Crippen LogP contribution in [-0.4, -0.2) is 63.9 Å². The summed E-state index contributed by atoms with van der Waals surface area (Å²) in [6.45, 7) is 7.12. The normalized spacial score (nSPS) is 10.7. The number of carboxylic acids is 1. The van der Waals surface area contributed by atoms with Gasteiger partial charge in [0, 0.05) is 18.4 Å². The van der Waals surface area contributed by atoms with Gasteiger partial charge in [0.25, 0.3) is 5.91 Å². The van der Waals surface area contributed by atoms with Gasteiger partial charge in [-0.05, 0) is 37.4 Å². The number of aliphatic carboxylic acids is 1. The molecule has 156 valence electrons. The number of nitrogens with zero attached hydrogens (tertiary/aromatic N) is 3. The molecule has 0 saturated heterocycles. The number of anilines is 1. The lowest BCUT2D eigenvalue weighted by molar-refractivity contribution is -0.137. The number of carboxylic acid groups (broad SMARTS) is 1. The number of hydrogen-bond donors (Lipinski definition) is 2. The highest BCUT2D eigenvalue weighted by atomic mass is 16.5. The molecule has 0 saturated carbocycles. The quantitative estimate of drug-likeness (QED) is 0.553. The molecule has 0 aliphatic carbocycles. The second-order valence-electron chi connectivity index (χ2n) is 6.33. The number of rotatable bonds is 11. The number of aromatic nitrogens is 2. The number of likely N-dealkylation sites (N-methyl/N-ethyl adjacent to an activating group) is 1. The van der Waals surface area contributed by atoms with Gasteiger partial charge in [0.15, 0.2) is 0 Å². The van der Waals surface area contributed by atoms with E-state index in [0.29, 0.717) is 30.0 Å². The standard InChI is InChI=1S/C20H26N4O5/c1-3-23(4-2)11-12-29-20(28)15-5-7-17(8-6-15)22-19(27)16-13-21-24(14-16)10-9-18(25)26/h5-8,13-14H,3-4,9-12H2,1-2H3,(H,22,27)(H,25,26). The van der Waals surface area contributed by atoms with Crippen LogP contribution >= 0.6 is 0 Å². The molecule has 2 aromatic rings. The van der Waals surface area contributed by atoms with Crippen molar-refractivity contribution in [2.45, 2.75) is 26.8 Å². The summed E-state index contributed by atoms with van der Waals surface area (Å²) >= 11 is 0. The molecule has 0 unspecified atom stereocenters. The monoisotopic (exact) mass is 402 g/mol. The summed E-state index contributed by atoms with van der Waals surface area (Å²) < 4.78 is 6.68. The zero-order valence-corrected chi connectivity index (χ0v) is 16.6. The lowest BCUT2D eigenvalue weighted by atomic mass is 10.2. The van der Waals surface area contributed by atoms with Crippen molar-refractivity contribution >= 4 is 23.5 Å². The van der Waals surface area contributed by atoms with E-state index in [2.05, 4.69) is 29.2 Å². The Morgan fingerprint density at radius 3 is 2.45 bits per heavy atom. The molecule has 1 amide bonds. The summed E-state index contributed by atoms with van der Waals surface area (Å²) in [4.78, 5) is 37.1. The predicted octanol–water partition coefficient (Wildman–Crippen LogP) is 2.11. The van der Waals surface area contributed by atoms with Crippen LogP contribution in [0, 0.1) is 0 Å². The Kier molecular flexibility index (Phi) is 8.35. The zero-order chi connectivity index (χ0) is 21.2. The maximum atomic E-state index is 12.3. The van der Waals surface area contributed by atoms with Crippen molar-refractivity contribution in [1.29, 1.82) is 0 Å². The molecule has 0 fully saturated rings. The zero-order valence-electron chi connectivity index (χ0n) is 16.6. The van der Waals surface area contributed by atoms with Crippen LogP contribution in [0.1, 0.15) is 41.0 Å². The van der Waals surface area contributed by atoms with Crippen molar-refractivity contribution in [1.82, 2.24) is 14.7 Å². The van der Waals surface area contributed by atoms with Crippen molar-refractivity contribution in [2.75, 3.05) is 31.6 Å². The first-order chi connectivity index (χ1) is 13.9. The second-order valence-corrected chi connectivity index (χ2v) is 6.33. The molecular formula is C20H26N4O5. The third kappa shape index (κ3) is 7.04. The van der Waals surface area contributed by atoms with E-state index in [0.717, 1.165) is 13.1 Å². The average Bonchev–Trinajstić information content (AvgIpc) is 3.19. The third-order valence-electron chi connectivity index (χ3n) is 4.36. The van der Waals surface area contributed by atoms with Crippen LogP contribution in [0.4, 0.5) is 5.69 Å². The topological polar surface area (TPSA) is 114 Å². The van der Waals surface area contributed by atoms with E-state index >= 15 is 0 Å². The van der Waals surface area contributed by atoms with Gasteiger partial charge in [-0.2, -0.15) is 5.10 Å². The lowest BCUT2D eigenvalue weighted by Gasteiger charge is -2.17. The van der Waals surface area contributed by atoms with E-state index in [-0.39, 0.29) is 18.9 Å². The minimum atomic E-state index is -0.932. The Labute approximate surface area is 169 Å². The third-order valence-corrected chi connectivity index (χ3v) is 4.36. The van der Waals surface area contributed by atoms with E-state index in [9.17, 15) is 14.4 Å². The fourth-order valence-corrected chi connectivity index (χ4v) is 2.60. The van der Waals surface area contributed by atoms with E-state index in [1.807, 2.05) is 0 Å². The largest absolute Gasteiger partial charge is 0.481 e. The number of ether oxygens (including phenoxy) is 1. The summed E-state index contributed by atoms with van der Waals surface area (Å²) in [5, 5.41) is 15.4. The maximum Gasteiger partial charge on any atom is 0.338 e. The molecule has 1 aromatic heterocycles. The molecule has 0 radical (unpaired) electrons. The highest BCUT2D eigenvalue weighted by Gasteiger charge is 2.12. The minimum Gasteiger partial charge on any atom is -0.481 e. The number of aryl methyl sites for hydroxylation is 1. The number of benzene rings is 1. The van der Waals surface area contributed by atoms with Gasteiger partial charge in [0.05, 0.1) is 30.3 Å². The number of esters is 1. The van der Waals surface area contributed by atoms with E-state index < -0.39 is 11.9 Å². The first-order valence-corrected chi connectivity index (χ1v) is 9.48. The number of amides is 1. The Balaban J connectivity index is 1.85. The molecule has 9 heteroatoms. The summed E-state index contributed by atoms with van der Waals surface area (Å²) in [7, 11) is 0. The van der Waals surface area contributed by atoms with Crippen molar-refractivity contribution in [3.05, 3.63) is 47.8 Å². The average molecular weight is 402 g/mol. The van der Waals surface area contributed by atoms with Crippen LogP contribution < -0.4 is 5.32 Å². The highest BCUT2D eigenvalue weighted by molar-refractivity contribution is 6.04. The molecule has 2 rings (SSSR count). The molecule has 29 heavy (non-hydrogen) atoms. The number of hydrogen-bond acceptors (Lipinski definition) is 6. The Hall–Kier alpha value is -3.20. The Morgan fingerprint density at radius 2 is 1.83 bits per heavy atom. The van der Waals surface area contributed by atoms with E-state index in [1.165, 1.54) is 17.1 Å². The first-order valence-electron chi connectivity index (χ1n) is 9.48. The van der Waals surface area contributed by atoms with Gasteiger partial charge in [0.2, 0.25) is 0 Å². The summed E-state index contributed by atoms with van der Waals surface area (Å²) in [6.07, 6.45) is 2.79. The van der Waals surface area contributed by atoms with Crippen molar-refractivity contribution in [3.8, 4) is 0 Å². The number of carbonyl (C=O) groups is 3. The SMILES string of the molecule is CCN(CC)CCOC(=O)c1ccc(NC(=O)c2cnn(CCC(=O)O)c2)cc1. The van der Waals surface area contributed by atoms with Gasteiger partial charge in [-0.15, -0.1) is 0 Å². The molecule has 0 spiro atoms. The summed E-state index contributed by atoms with van der Waals surface area (Å²) in [5.74, 6) is -1.71.